The lowest BCUT2D eigenvalue weighted by atomic mass is 9.95. The summed E-state index contributed by atoms with van der Waals surface area (Å²) in [6, 6.07) is 1.60. The number of rotatable bonds is 3. The maximum Gasteiger partial charge on any atom is 0.416 e. The minimum atomic E-state index is -4.77. The Kier molecular flexibility index (Phi) is 7.22. The second-order valence-corrected chi connectivity index (χ2v) is 5.73. The van der Waals surface area contributed by atoms with E-state index >= 15 is 0 Å². The van der Waals surface area contributed by atoms with E-state index in [-0.39, 0.29) is 30.5 Å². The fraction of sp³-hybridized carbons (Fsp3) is 0.571. The predicted octanol–water partition coefficient (Wildman–Crippen LogP) is 4.68. The molecular formula is C14H16Cl2F6N2. The van der Waals surface area contributed by atoms with Crippen LogP contribution in [0.2, 0.25) is 5.02 Å². The third kappa shape index (κ3) is 5.40. The van der Waals surface area contributed by atoms with Crippen molar-refractivity contribution in [2.75, 3.05) is 26.2 Å². The summed E-state index contributed by atoms with van der Waals surface area (Å²) in [6.45, 7) is 1.28. The highest BCUT2D eigenvalue weighted by Crippen LogP contribution is 2.43. The first kappa shape index (κ1) is 21.3. The summed E-state index contributed by atoms with van der Waals surface area (Å²) in [4.78, 5) is 1.40. The summed E-state index contributed by atoms with van der Waals surface area (Å²) in [6.07, 6.45) is -10.7. The molecule has 2 nitrogen and oxygen atoms in total. The molecule has 1 aliphatic heterocycles. The molecule has 1 heterocycles. The van der Waals surface area contributed by atoms with Crippen LogP contribution >= 0.6 is 24.0 Å². The lowest BCUT2D eigenvalue weighted by molar-refractivity contribution is -0.153. The van der Waals surface area contributed by atoms with Gasteiger partial charge in [0.05, 0.1) is 12.0 Å². The Hall–Kier alpha value is -0.700. The second-order valence-electron chi connectivity index (χ2n) is 5.32. The molecule has 0 bridgehead atoms. The Balaban J connectivity index is 0.00000288. The highest BCUT2D eigenvalue weighted by Gasteiger charge is 2.42. The molecule has 1 aliphatic rings. The van der Waals surface area contributed by atoms with E-state index in [2.05, 4.69) is 5.32 Å². The topological polar surface area (TPSA) is 15.3 Å². The smallest absolute Gasteiger partial charge is 0.314 e. The highest BCUT2D eigenvalue weighted by molar-refractivity contribution is 6.31. The van der Waals surface area contributed by atoms with E-state index < -0.39 is 35.9 Å². The average Bonchev–Trinajstić information content (AvgIpc) is 2.44. The Labute approximate surface area is 146 Å². The van der Waals surface area contributed by atoms with E-state index in [0.29, 0.717) is 13.1 Å². The van der Waals surface area contributed by atoms with E-state index in [0.717, 1.165) is 12.1 Å². The predicted molar refractivity (Wildman–Crippen MR) is 81.6 cm³/mol. The van der Waals surface area contributed by atoms with Crippen LogP contribution in [0.3, 0.4) is 0 Å². The van der Waals surface area contributed by atoms with Gasteiger partial charge in [0.1, 0.15) is 0 Å². The number of nitrogens with zero attached hydrogens (tertiary/aromatic N) is 1. The van der Waals surface area contributed by atoms with Gasteiger partial charge in [-0.3, -0.25) is 4.90 Å². The number of nitrogens with one attached hydrogen (secondary N) is 1. The first-order valence-electron chi connectivity index (χ1n) is 6.97. The van der Waals surface area contributed by atoms with Crippen molar-refractivity contribution in [3.05, 3.63) is 34.3 Å². The molecule has 1 fully saturated rings. The maximum atomic E-state index is 13.2. The van der Waals surface area contributed by atoms with Crippen molar-refractivity contribution in [3.8, 4) is 0 Å². The average molecular weight is 397 g/mol. The van der Waals surface area contributed by atoms with Gasteiger partial charge in [0, 0.05) is 42.8 Å². The van der Waals surface area contributed by atoms with Gasteiger partial charge >= 0.3 is 12.4 Å². The third-order valence-electron chi connectivity index (χ3n) is 3.71. The molecule has 1 atom stereocenters. The maximum absolute atomic E-state index is 13.2. The molecule has 0 amide bonds. The van der Waals surface area contributed by atoms with Crippen LogP contribution in [0.5, 0.6) is 0 Å². The van der Waals surface area contributed by atoms with E-state index in [9.17, 15) is 26.3 Å². The molecule has 2 rings (SSSR count). The molecule has 10 heteroatoms. The van der Waals surface area contributed by atoms with Crippen LogP contribution in [0.15, 0.2) is 18.2 Å². The fourth-order valence-electron chi connectivity index (χ4n) is 2.75. The summed E-state index contributed by atoms with van der Waals surface area (Å²) in [5.74, 6) is 0. The van der Waals surface area contributed by atoms with Gasteiger partial charge in [0.15, 0.2) is 0 Å². The number of alkyl halides is 6. The second kappa shape index (κ2) is 8.12. The van der Waals surface area contributed by atoms with Gasteiger partial charge < -0.3 is 5.32 Å². The van der Waals surface area contributed by atoms with Crippen molar-refractivity contribution in [1.29, 1.82) is 0 Å². The van der Waals surface area contributed by atoms with Gasteiger partial charge in [-0.2, -0.15) is 26.3 Å². The molecule has 0 radical (unpaired) electrons. The Morgan fingerprint density at radius 2 is 1.67 bits per heavy atom. The molecule has 0 saturated carbocycles. The van der Waals surface area contributed by atoms with Crippen molar-refractivity contribution in [2.45, 2.75) is 24.8 Å². The zero-order valence-electron chi connectivity index (χ0n) is 12.3. The van der Waals surface area contributed by atoms with E-state index in [1.165, 1.54) is 11.0 Å². The van der Waals surface area contributed by atoms with Crippen LogP contribution in [-0.2, 0) is 6.18 Å². The zero-order chi connectivity index (χ0) is 17.3. The summed E-state index contributed by atoms with van der Waals surface area (Å²) < 4.78 is 78.5. The molecule has 1 aromatic carbocycles. The van der Waals surface area contributed by atoms with Gasteiger partial charge in [-0.1, -0.05) is 17.7 Å². The van der Waals surface area contributed by atoms with Crippen molar-refractivity contribution in [1.82, 2.24) is 10.2 Å². The summed E-state index contributed by atoms with van der Waals surface area (Å²) in [7, 11) is 0. The largest absolute Gasteiger partial charge is 0.416 e. The first-order valence-corrected chi connectivity index (χ1v) is 7.34. The number of halogens is 8. The minimum absolute atomic E-state index is 0. The molecule has 1 saturated heterocycles. The van der Waals surface area contributed by atoms with Gasteiger partial charge in [-0.15, -0.1) is 12.4 Å². The van der Waals surface area contributed by atoms with Crippen LogP contribution in [0.25, 0.3) is 0 Å². The monoisotopic (exact) mass is 396 g/mol. The van der Waals surface area contributed by atoms with Crippen LogP contribution in [0.1, 0.15) is 23.6 Å². The van der Waals surface area contributed by atoms with E-state index in [1.807, 2.05) is 0 Å². The molecule has 24 heavy (non-hydrogen) atoms. The van der Waals surface area contributed by atoms with Crippen LogP contribution in [-0.4, -0.2) is 37.3 Å². The molecule has 138 valence electrons. The Bertz CT molecular complexity index is 541. The first-order chi connectivity index (χ1) is 10.6. The quantitative estimate of drug-likeness (QED) is 0.746. The van der Waals surface area contributed by atoms with Crippen LogP contribution in [0, 0.1) is 0 Å². The molecule has 1 N–H and O–H groups in total. The number of benzene rings is 1. The van der Waals surface area contributed by atoms with Crippen molar-refractivity contribution >= 4 is 24.0 Å². The molecule has 0 aromatic heterocycles. The summed E-state index contributed by atoms with van der Waals surface area (Å²) in [5, 5.41) is 2.67. The Morgan fingerprint density at radius 3 is 2.17 bits per heavy atom. The van der Waals surface area contributed by atoms with Gasteiger partial charge in [-0.05, 0) is 12.1 Å². The Morgan fingerprint density at radius 1 is 1.08 bits per heavy atom. The SMILES string of the molecule is Cl.FC(F)(F)C[C@@H](c1c(Cl)cccc1C(F)(F)F)N1CCNCC1. The van der Waals surface area contributed by atoms with Gasteiger partial charge in [0.2, 0.25) is 0 Å². The zero-order valence-corrected chi connectivity index (χ0v) is 13.9. The fourth-order valence-corrected chi connectivity index (χ4v) is 3.05. The normalized spacial score (nSPS) is 18.1. The van der Waals surface area contributed by atoms with Crippen LogP contribution in [0.4, 0.5) is 26.3 Å². The molecule has 0 unspecified atom stereocenters. The van der Waals surface area contributed by atoms with Crippen molar-refractivity contribution < 1.29 is 26.3 Å². The van der Waals surface area contributed by atoms with Gasteiger partial charge in [-0.25, -0.2) is 0 Å². The van der Waals surface area contributed by atoms with E-state index in [4.69, 9.17) is 11.6 Å². The van der Waals surface area contributed by atoms with Crippen LogP contribution < -0.4 is 5.32 Å². The molecule has 1 aromatic rings. The van der Waals surface area contributed by atoms with Crippen molar-refractivity contribution in [3.63, 3.8) is 0 Å². The van der Waals surface area contributed by atoms with Crippen molar-refractivity contribution in [2.24, 2.45) is 0 Å². The molecule has 0 spiro atoms. The van der Waals surface area contributed by atoms with Gasteiger partial charge in [0.25, 0.3) is 0 Å². The summed E-state index contributed by atoms with van der Waals surface area (Å²) >= 11 is 5.87. The summed E-state index contributed by atoms with van der Waals surface area (Å²) in [5.41, 5.74) is -1.61. The number of piperazine rings is 1. The van der Waals surface area contributed by atoms with E-state index in [1.54, 1.807) is 0 Å². The highest BCUT2D eigenvalue weighted by atomic mass is 35.5. The lowest BCUT2D eigenvalue weighted by Crippen LogP contribution is -2.46. The number of hydrogen-bond donors (Lipinski definition) is 1. The minimum Gasteiger partial charge on any atom is -0.314 e. The molecular weight excluding hydrogens is 381 g/mol. The lowest BCUT2D eigenvalue weighted by Gasteiger charge is -2.37. The third-order valence-corrected chi connectivity index (χ3v) is 4.04. The standard InChI is InChI=1S/C14H15ClF6N2.ClH/c15-10-3-1-2-9(14(19,20)21)12(10)11(8-13(16,17)18)23-6-4-22-5-7-23;/h1-3,11,22H,4-8H2;1H/t11-;/m0./s1. The number of hydrogen-bond acceptors (Lipinski definition) is 2. The molecule has 0 aliphatic carbocycles.